The van der Waals surface area contributed by atoms with E-state index >= 15 is 0 Å². The Bertz CT molecular complexity index is 957. The molecular formula is C21H23N3O2. The number of fused-ring (bicyclic) bond motifs is 1. The Morgan fingerprint density at radius 2 is 1.65 bits per heavy atom. The Kier molecular flexibility index (Phi) is 5.07. The number of anilines is 2. The van der Waals surface area contributed by atoms with Gasteiger partial charge in [0.1, 0.15) is 6.54 Å². The van der Waals surface area contributed by atoms with Gasteiger partial charge in [-0.1, -0.05) is 38.1 Å². The normalized spacial score (nSPS) is 10.9. The number of carbonyl (C=O) groups is 2. The molecular weight excluding hydrogens is 326 g/mol. The summed E-state index contributed by atoms with van der Waals surface area (Å²) < 4.78 is 2.00. The van der Waals surface area contributed by atoms with Crippen LogP contribution in [-0.4, -0.2) is 16.4 Å². The van der Waals surface area contributed by atoms with E-state index in [1.54, 1.807) is 12.1 Å². The van der Waals surface area contributed by atoms with Crippen molar-refractivity contribution >= 4 is 34.1 Å². The molecule has 0 aliphatic rings. The first kappa shape index (κ1) is 17.7. The SMILES string of the molecule is Cc1cc2ccccc2n1CC(=O)Nc1cccc(NC(=O)C(C)C)c1. The molecule has 1 heterocycles. The molecule has 0 saturated heterocycles. The van der Waals surface area contributed by atoms with Crippen LogP contribution in [-0.2, 0) is 16.1 Å². The van der Waals surface area contributed by atoms with Crippen LogP contribution >= 0.6 is 0 Å². The van der Waals surface area contributed by atoms with Crippen molar-refractivity contribution in [3.8, 4) is 0 Å². The molecule has 3 rings (SSSR count). The van der Waals surface area contributed by atoms with Crippen molar-refractivity contribution in [1.29, 1.82) is 0 Å². The number of nitrogens with one attached hydrogen (secondary N) is 2. The summed E-state index contributed by atoms with van der Waals surface area (Å²) in [5.74, 6) is -0.261. The van der Waals surface area contributed by atoms with Gasteiger partial charge in [-0.2, -0.15) is 0 Å². The van der Waals surface area contributed by atoms with Gasteiger partial charge in [-0.15, -0.1) is 0 Å². The Labute approximate surface area is 153 Å². The second-order valence-electron chi connectivity index (χ2n) is 6.70. The summed E-state index contributed by atoms with van der Waals surface area (Å²) in [4.78, 5) is 24.3. The van der Waals surface area contributed by atoms with Crippen molar-refractivity contribution in [1.82, 2.24) is 4.57 Å². The molecule has 3 aromatic rings. The number of para-hydroxylation sites is 1. The highest BCUT2D eigenvalue weighted by atomic mass is 16.2. The first-order valence-electron chi connectivity index (χ1n) is 8.69. The molecule has 0 saturated carbocycles. The number of aryl methyl sites for hydroxylation is 1. The van der Waals surface area contributed by atoms with Crippen LogP contribution in [0, 0.1) is 12.8 Å². The van der Waals surface area contributed by atoms with Crippen molar-refractivity contribution in [3.05, 3.63) is 60.3 Å². The number of hydrogen-bond acceptors (Lipinski definition) is 2. The van der Waals surface area contributed by atoms with Gasteiger partial charge in [0.05, 0.1) is 0 Å². The highest BCUT2D eigenvalue weighted by Crippen LogP contribution is 2.20. The third-order valence-corrected chi connectivity index (χ3v) is 4.26. The van der Waals surface area contributed by atoms with Crippen molar-refractivity contribution in [2.75, 3.05) is 10.6 Å². The van der Waals surface area contributed by atoms with Gasteiger partial charge in [0.25, 0.3) is 0 Å². The first-order chi connectivity index (χ1) is 12.4. The molecule has 2 N–H and O–H groups in total. The number of benzene rings is 2. The smallest absolute Gasteiger partial charge is 0.244 e. The zero-order valence-electron chi connectivity index (χ0n) is 15.2. The van der Waals surface area contributed by atoms with Gasteiger partial charge in [-0.05, 0) is 42.6 Å². The summed E-state index contributed by atoms with van der Waals surface area (Å²) in [6.45, 7) is 5.91. The molecule has 0 bridgehead atoms. The van der Waals surface area contributed by atoms with Crippen molar-refractivity contribution in [2.45, 2.75) is 27.3 Å². The van der Waals surface area contributed by atoms with Crippen LogP contribution in [0.1, 0.15) is 19.5 Å². The second kappa shape index (κ2) is 7.44. The first-order valence-corrected chi connectivity index (χ1v) is 8.69. The van der Waals surface area contributed by atoms with E-state index in [1.807, 2.05) is 61.7 Å². The lowest BCUT2D eigenvalue weighted by atomic mass is 10.2. The maximum Gasteiger partial charge on any atom is 0.244 e. The van der Waals surface area contributed by atoms with E-state index in [4.69, 9.17) is 0 Å². The molecule has 26 heavy (non-hydrogen) atoms. The average Bonchev–Trinajstić information content (AvgIpc) is 2.90. The van der Waals surface area contributed by atoms with E-state index in [2.05, 4.69) is 16.7 Å². The second-order valence-corrected chi connectivity index (χ2v) is 6.70. The van der Waals surface area contributed by atoms with Crippen LogP contribution in [0.5, 0.6) is 0 Å². The van der Waals surface area contributed by atoms with E-state index < -0.39 is 0 Å². The lowest BCUT2D eigenvalue weighted by Crippen LogP contribution is -2.20. The minimum Gasteiger partial charge on any atom is -0.335 e. The fraction of sp³-hybridized carbons (Fsp3) is 0.238. The number of rotatable bonds is 5. The summed E-state index contributed by atoms with van der Waals surface area (Å²) >= 11 is 0. The third kappa shape index (κ3) is 3.94. The zero-order chi connectivity index (χ0) is 18.7. The molecule has 0 fully saturated rings. The molecule has 0 spiro atoms. The van der Waals surface area contributed by atoms with Gasteiger partial charge in [0.2, 0.25) is 11.8 Å². The lowest BCUT2D eigenvalue weighted by Gasteiger charge is -2.12. The highest BCUT2D eigenvalue weighted by molar-refractivity contribution is 5.95. The molecule has 0 radical (unpaired) electrons. The molecule has 2 aromatic carbocycles. The number of nitrogens with zero attached hydrogens (tertiary/aromatic N) is 1. The molecule has 1 aromatic heterocycles. The molecule has 0 aliphatic heterocycles. The fourth-order valence-corrected chi connectivity index (χ4v) is 2.86. The van der Waals surface area contributed by atoms with Crippen molar-refractivity contribution in [2.24, 2.45) is 5.92 Å². The van der Waals surface area contributed by atoms with E-state index in [1.165, 1.54) is 0 Å². The van der Waals surface area contributed by atoms with Crippen LogP contribution in [0.4, 0.5) is 11.4 Å². The van der Waals surface area contributed by atoms with Gasteiger partial charge >= 0.3 is 0 Å². The summed E-state index contributed by atoms with van der Waals surface area (Å²) in [7, 11) is 0. The predicted octanol–water partition coefficient (Wildman–Crippen LogP) is 4.18. The number of hydrogen-bond donors (Lipinski definition) is 2. The van der Waals surface area contributed by atoms with E-state index in [9.17, 15) is 9.59 Å². The van der Waals surface area contributed by atoms with Crippen LogP contribution in [0.2, 0.25) is 0 Å². The van der Waals surface area contributed by atoms with Crippen LogP contribution in [0.25, 0.3) is 10.9 Å². The average molecular weight is 349 g/mol. The fourth-order valence-electron chi connectivity index (χ4n) is 2.86. The maximum atomic E-state index is 12.5. The molecule has 0 unspecified atom stereocenters. The lowest BCUT2D eigenvalue weighted by molar-refractivity contribution is -0.119. The Morgan fingerprint density at radius 3 is 2.38 bits per heavy atom. The van der Waals surface area contributed by atoms with Gasteiger partial charge in [-0.25, -0.2) is 0 Å². The van der Waals surface area contributed by atoms with Gasteiger partial charge < -0.3 is 15.2 Å². The van der Waals surface area contributed by atoms with Crippen molar-refractivity contribution < 1.29 is 9.59 Å². The predicted molar refractivity (Wildman–Crippen MR) is 105 cm³/mol. The van der Waals surface area contributed by atoms with Crippen LogP contribution < -0.4 is 10.6 Å². The van der Waals surface area contributed by atoms with E-state index in [-0.39, 0.29) is 24.3 Å². The monoisotopic (exact) mass is 349 g/mol. The summed E-state index contributed by atoms with van der Waals surface area (Å²) in [5.41, 5.74) is 3.41. The molecule has 5 heteroatoms. The molecule has 0 atom stereocenters. The van der Waals surface area contributed by atoms with E-state index in [0.717, 1.165) is 16.6 Å². The Morgan fingerprint density at radius 1 is 0.962 bits per heavy atom. The van der Waals surface area contributed by atoms with Crippen LogP contribution in [0.15, 0.2) is 54.6 Å². The van der Waals surface area contributed by atoms with E-state index in [0.29, 0.717) is 11.4 Å². The number of amides is 2. The largest absolute Gasteiger partial charge is 0.335 e. The quantitative estimate of drug-likeness (QED) is 0.726. The maximum absolute atomic E-state index is 12.5. The van der Waals surface area contributed by atoms with Crippen LogP contribution in [0.3, 0.4) is 0 Å². The molecule has 5 nitrogen and oxygen atoms in total. The Balaban J connectivity index is 1.72. The number of carbonyl (C=O) groups excluding carboxylic acids is 2. The standard InChI is InChI=1S/C21H23N3O2/c1-14(2)21(26)23-18-9-6-8-17(12-18)22-20(25)13-24-15(3)11-16-7-4-5-10-19(16)24/h4-12,14H,13H2,1-3H3,(H,22,25)(H,23,26). The highest BCUT2D eigenvalue weighted by Gasteiger charge is 2.11. The Hall–Kier alpha value is -3.08. The summed E-state index contributed by atoms with van der Waals surface area (Å²) in [6, 6.07) is 17.3. The van der Waals surface area contributed by atoms with Gasteiger partial charge in [-0.3, -0.25) is 9.59 Å². The van der Waals surface area contributed by atoms with Gasteiger partial charge in [0, 0.05) is 28.5 Å². The molecule has 0 aliphatic carbocycles. The minimum absolute atomic E-state index is 0.0529. The zero-order valence-corrected chi connectivity index (χ0v) is 15.2. The summed E-state index contributed by atoms with van der Waals surface area (Å²) in [6.07, 6.45) is 0. The van der Waals surface area contributed by atoms with Crippen molar-refractivity contribution in [3.63, 3.8) is 0 Å². The molecule has 134 valence electrons. The topological polar surface area (TPSA) is 63.1 Å². The summed E-state index contributed by atoms with van der Waals surface area (Å²) in [5, 5.41) is 6.86. The minimum atomic E-state index is -0.109. The van der Waals surface area contributed by atoms with Gasteiger partial charge in [0.15, 0.2) is 0 Å². The third-order valence-electron chi connectivity index (χ3n) is 4.26. The number of aromatic nitrogens is 1. The molecule has 2 amide bonds.